The number of pyridine rings is 1. The SMILES string of the molecule is Cc1cc(N[C@H]2CC[C@@H](C(=O)N[C@@H](C)c3ccccc3F)CC2)nc2ccccc12. The predicted octanol–water partition coefficient (Wildman–Crippen LogP) is 5.53. The molecule has 0 spiro atoms. The van der Waals surface area contributed by atoms with Crippen molar-refractivity contribution in [1.82, 2.24) is 10.3 Å². The fourth-order valence-corrected chi connectivity index (χ4v) is 4.37. The van der Waals surface area contributed by atoms with Gasteiger partial charge in [0, 0.05) is 22.9 Å². The van der Waals surface area contributed by atoms with E-state index in [1.807, 2.05) is 25.1 Å². The molecule has 4 nitrogen and oxygen atoms in total. The number of anilines is 1. The van der Waals surface area contributed by atoms with Crippen LogP contribution in [0.5, 0.6) is 0 Å². The van der Waals surface area contributed by atoms with E-state index in [1.54, 1.807) is 18.2 Å². The molecule has 1 fully saturated rings. The number of hydrogen-bond donors (Lipinski definition) is 2. The normalized spacial score (nSPS) is 20.0. The average Bonchev–Trinajstić information content (AvgIpc) is 2.74. The second-order valence-corrected chi connectivity index (χ2v) is 8.29. The molecule has 0 unspecified atom stereocenters. The molecule has 30 heavy (non-hydrogen) atoms. The summed E-state index contributed by atoms with van der Waals surface area (Å²) >= 11 is 0. The number of rotatable bonds is 5. The van der Waals surface area contributed by atoms with Crippen LogP contribution < -0.4 is 10.6 Å². The van der Waals surface area contributed by atoms with E-state index in [0.717, 1.165) is 37.0 Å². The lowest BCUT2D eigenvalue weighted by atomic mass is 9.85. The van der Waals surface area contributed by atoms with E-state index >= 15 is 0 Å². The average molecular weight is 406 g/mol. The molecular formula is C25H28FN3O. The van der Waals surface area contributed by atoms with Crippen LogP contribution in [0.15, 0.2) is 54.6 Å². The fourth-order valence-electron chi connectivity index (χ4n) is 4.37. The maximum Gasteiger partial charge on any atom is 0.223 e. The minimum absolute atomic E-state index is 0.0175. The Bertz CT molecular complexity index is 1040. The molecule has 1 saturated carbocycles. The number of carbonyl (C=O) groups is 1. The maximum absolute atomic E-state index is 14.0. The van der Waals surface area contributed by atoms with Crippen molar-refractivity contribution in [2.75, 3.05) is 5.32 Å². The summed E-state index contributed by atoms with van der Waals surface area (Å²) in [4.78, 5) is 17.4. The van der Waals surface area contributed by atoms with Gasteiger partial charge in [0.15, 0.2) is 0 Å². The Hall–Kier alpha value is -2.95. The summed E-state index contributed by atoms with van der Waals surface area (Å²) in [6.07, 6.45) is 3.47. The third-order valence-corrected chi connectivity index (χ3v) is 6.10. The van der Waals surface area contributed by atoms with Gasteiger partial charge in [-0.15, -0.1) is 0 Å². The van der Waals surface area contributed by atoms with Crippen LogP contribution in [-0.2, 0) is 4.79 Å². The summed E-state index contributed by atoms with van der Waals surface area (Å²) in [5.74, 6) is 0.608. The van der Waals surface area contributed by atoms with Crippen LogP contribution in [0.2, 0.25) is 0 Å². The molecule has 4 rings (SSSR count). The Labute approximate surface area is 176 Å². The van der Waals surface area contributed by atoms with Crippen molar-refractivity contribution in [1.29, 1.82) is 0 Å². The number of nitrogens with zero attached hydrogens (tertiary/aromatic N) is 1. The molecule has 1 atom stereocenters. The number of nitrogens with one attached hydrogen (secondary N) is 2. The van der Waals surface area contributed by atoms with E-state index in [-0.39, 0.29) is 23.7 Å². The number of aryl methyl sites for hydroxylation is 1. The Balaban J connectivity index is 1.33. The number of fused-ring (bicyclic) bond motifs is 1. The topological polar surface area (TPSA) is 54.0 Å². The maximum atomic E-state index is 14.0. The number of aromatic nitrogens is 1. The van der Waals surface area contributed by atoms with Gasteiger partial charge in [0.25, 0.3) is 0 Å². The van der Waals surface area contributed by atoms with Crippen molar-refractivity contribution in [3.63, 3.8) is 0 Å². The van der Waals surface area contributed by atoms with Gasteiger partial charge in [-0.1, -0.05) is 36.4 Å². The Kier molecular flexibility index (Phi) is 5.98. The number of halogens is 1. The summed E-state index contributed by atoms with van der Waals surface area (Å²) in [5, 5.41) is 7.72. The largest absolute Gasteiger partial charge is 0.367 e. The zero-order valence-corrected chi connectivity index (χ0v) is 17.5. The van der Waals surface area contributed by atoms with Gasteiger partial charge in [-0.2, -0.15) is 0 Å². The lowest BCUT2D eigenvalue weighted by molar-refractivity contribution is -0.126. The van der Waals surface area contributed by atoms with Crippen LogP contribution in [0, 0.1) is 18.7 Å². The second kappa shape index (κ2) is 8.82. The summed E-state index contributed by atoms with van der Waals surface area (Å²) in [6, 6.07) is 16.8. The van der Waals surface area contributed by atoms with Gasteiger partial charge in [-0.25, -0.2) is 9.37 Å². The number of para-hydroxylation sites is 1. The highest BCUT2D eigenvalue weighted by molar-refractivity contribution is 5.83. The summed E-state index contributed by atoms with van der Waals surface area (Å²) in [5.41, 5.74) is 2.73. The molecule has 5 heteroatoms. The monoisotopic (exact) mass is 405 g/mol. The van der Waals surface area contributed by atoms with Crippen molar-refractivity contribution in [2.45, 2.75) is 51.6 Å². The van der Waals surface area contributed by atoms with E-state index in [2.05, 4.69) is 29.7 Å². The van der Waals surface area contributed by atoms with E-state index in [9.17, 15) is 9.18 Å². The molecule has 156 valence electrons. The smallest absolute Gasteiger partial charge is 0.223 e. The first kappa shape index (κ1) is 20.3. The first-order valence-electron chi connectivity index (χ1n) is 10.7. The molecule has 1 aliphatic carbocycles. The van der Waals surface area contributed by atoms with Crippen molar-refractivity contribution in [3.05, 3.63) is 71.5 Å². The molecule has 1 aromatic heterocycles. The minimum atomic E-state index is -0.334. The number of hydrogen-bond acceptors (Lipinski definition) is 3. The third-order valence-electron chi connectivity index (χ3n) is 6.10. The molecule has 1 heterocycles. The molecule has 0 radical (unpaired) electrons. The highest BCUT2D eigenvalue weighted by Gasteiger charge is 2.27. The molecular weight excluding hydrogens is 377 g/mol. The Morgan fingerprint density at radius 3 is 2.53 bits per heavy atom. The van der Waals surface area contributed by atoms with Crippen molar-refractivity contribution in [3.8, 4) is 0 Å². The molecule has 3 aromatic rings. The van der Waals surface area contributed by atoms with Gasteiger partial charge in [0.05, 0.1) is 11.6 Å². The van der Waals surface area contributed by atoms with Gasteiger partial charge >= 0.3 is 0 Å². The minimum Gasteiger partial charge on any atom is -0.367 e. The van der Waals surface area contributed by atoms with Crippen molar-refractivity contribution < 1.29 is 9.18 Å². The highest BCUT2D eigenvalue weighted by atomic mass is 19.1. The van der Waals surface area contributed by atoms with E-state index < -0.39 is 0 Å². The summed E-state index contributed by atoms with van der Waals surface area (Å²) < 4.78 is 14.0. The predicted molar refractivity (Wildman–Crippen MR) is 119 cm³/mol. The molecule has 1 aliphatic rings. The lowest BCUT2D eigenvalue weighted by Crippen LogP contribution is -2.37. The number of benzene rings is 2. The molecule has 0 aliphatic heterocycles. The van der Waals surface area contributed by atoms with Crippen molar-refractivity contribution in [2.24, 2.45) is 5.92 Å². The molecule has 2 aromatic carbocycles. The van der Waals surface area contributed by atoms with Gasteiger partial charge in [0.2, 0.25) is 5.91 Å². The molecule has 0 bridgehead atoms. The van der Waals surface area contributed by atoms with Crippen LogP contribution in [0.4, 0.5) is 10.2 Å². The zero-order chi connectivity index (χ0) is 21.1. The Morgan fingerprint density at radius 2 is 1.77 bits per heavy atom. The zero-order valence-electron chi connectivity index (χ0n) is 17.5. The van der Waals surface area contributed by atoms with Gasteiger partial charge < -0.3 is 10.6 Å². The van der Waals surface area contributed by atoms with Gasteiger partial charge in [-0.05, 0) is 63.3 Å². The highest BCUT2D eigenvalue weighted by Crippen LogP contribution is 2.28. The van der Waals surface area contributed by atoms with E-state index in [1.165, 1.54) is 17.0 Å². The van der Waals surface area contributed by atoms with E-state index in [0.29, 0.717) is 11.6 Å². The van der Waals surface area contributed by atoms with Crippen LogP contribution >= 0.6 is 0 Å². The molecule has 0 saturated heterocycles. The second-order valence-electron chi connectivity index (χ2n) is 8.29. The first-order chi connectivity index (χ1) is 14.5. The fraction of sp³-hybridized carbons (Fsp3) is 0.360. The Morgan fingerprint density at radius 1 is 1.07 bits per heavy atom. The van der Waals surface area contributed by atoms with Crippen LogP contribution in [0.25, 0.3) is 10.9 Å². The van der Waals surface area contributed by atoms with Gasteiger partial charge in [-0.3, -0.25) is 4.79 Å². The quantitative estimate of drug-likeness (QED) is 0.587. The van der Waals surface area contributed by atoms with Crippen LogP contribution in [-0.4, -0.2) is 16.9 Å². The number of carbonyl (C=O) groups excluding carboxylic acids is 1. The molecule has 2 N–H and O–H groups in total. The standard InChI is InChI=1S/C25H28FN3O/c1-16-15-24(29-23-10-6-4-7-20(16)23)28-19-13-11-18(12-14-19)25(30)27-17(2)21-8-3-5-9-22(21)26/h3-10,15,17-19H,11-14H2,1-2H3,(H,27,30)(H,28,29)/t17-,18-,19+/m0/s1. The first-order valence-corrected chi connectivity index (χ1v) is 10.7. The van der Waals surface area contributed by atoms with Crippen LogP contribution in [0.3, 0.4) is 0 Å². The van der Waals surface area contributed by atoms with Crippen LogP contribution in [0.1, 0.15) is 49.8 Å². The lowest BCUT2D eigenvalue weighted by Gasteiger charge is -2.29. The third kappa shape index (κ3) is 4.45. The summed E-state index contributed by atoms with van der Waals surface area (Å²) in [7, 11) is 0. The van der Waals surface area contributed by atoms with Gasteiger partial charge in [0.1, 0.15) is 11.6 Å². The number of amides is 1. The van der Waals surface area contributed by atoms with E-state index in [4.69, 9.17) is 4.98 Å². The summed E-state index contributed by atoms with van der Waals surface area (Å²) in [6.45, 7) is 3.93. The molecule has 1 amide bonds. The van der Waals surface area contributed by atoms with Crippen molar-refractivity contribution >= 4 is 22.6 Å².